The number of nitrogens with two attached hydrogens (primary N) is 1. The van der Waals surface area contributed by atoms with Gasteiger partial charge in [0.25, 0.3) is 5.91 Å². The fourth-order valence-corrected chi connectivity index (χ4v) is 3.06. The van der Waals surface area contributed by atoms with E-state index in [4.69, 9.17) is 5.73 Å². The zero-order chi connectivity index (χ0) is 16.6. The summed E-state index contributed by atoms with van der Waals surface area (Å²) >= 11 is 0. The number of primary amides is 1. The molecule has 1 amide bonds. The number of aromatic nitrogens is 1. The molecule has 22 heavy (non-hydrogen) atoms. The van der Waals surface area contributed by atoms with Gasteiger partial charge in [0.15, 0.2) is 0 Å². The summed E-state index contributed by atoms with van der Waals surface area (Å²) in [6.07, 6.45) is 0. The lowest BCUT2D eigenvalue weighted by molar-refractivity contribution is 0.1000. The van der Waals surface area contributed by atoms with Gasteiger partial charge in [-0.05, 0) is 44.4 Å². The molecule has 0 aliphatic heterocycles. The van der Waals surface area contributed by atoms with E-state index in [-0.39, 0.29) is 11.9 Å². The van der Waals surface area contributed by atoms with Crippen LogP contribution in [0.25, 0.3) is 11.1 Å². The minimum absolute atomic E-state index is 0.223. The summed E-state index contributed by atoms with van der Waals surface area (Å²) in [5.74, 6) is -0.393. The van der Waals surface area contributed by atoms with Crippen molar-refractivity contribution >= 4 is 5.91 Å². The number of hydrogen-bond donors (Lipinski definition) is 1. The van der Waals surface area contributed by atoms with Crippen LogP contribution in [0.4, 0.5) is 4.39 Å². The number of amides is 1. The molecule has 0 saturated heterocycles. The van der Waals surface area contributed by atoms with E-state index in [1.165, 1.54) is 12.1 Å². The maximum absolute atomic E-state index is 13.6. The highest BCUT2D eigenvalue weighted by atomic mass is 19.1. The molecule has 0 aliphatic rings. The van der Waals surface area contributed by atoms with Gasteiger partial charge in [0.1, 0.15) is 5.82 Å². The lowest BCUT2D eigenvalue weighted by Crippen LogP contribution is -2.16. The van der Waals surface area contributed by atoms with E-state index in [2.05, 4.69) is 25.3 Å². The second-order valence-corrected chi connectivity index (χ2v) is 6.15. The number of nitrogens with zero attached hydrogens (tertiary/aromatic N) is 1. The zero-order valence-corrected chi connectivity index (χ0v) is 13.8. The molecule has 118 valence electrons. The van der Waals surface area contributed by atoms with Gasteiger partial charge < -0.3 is 10.3 Å². The predicted octanol–water partition coefficient (Wildman–Crippen LogP) is 4.23. The van der Waals surface area contributed by atoms with Gasteiger partial charge in [0, 0.05) is 23.0 Å². The predicted molar refractivity (Wildman–Crippen MR) is 87.4 cm³/mol. The molecule has 4 heteroatoms. The maximum atomic E-state index is 13.6. The molecule has 2 aromatic rings. The summed E-state index contributed by atoms with van der Waals surface area (Å²) in [7, 11) is 0. The Labute approximate surface area is 130 Å². The third-order valence-corrected chi connectivity index (χ3v) is 4.43. The highest BCUT2D eigenvalue weighted by Crippen LogP contribution is 2.35. The summed E-state index contributed by atoms with van der Waals surface area (Å²) in [5, 5.41) is 0. The molecular weight excluding hydrogens is 279 g/mol. The monoisotopic (exact) mass is 302 g/mol. The number of rotatable bonds is 4. The second-order valence-electron chi connectivity index (χ2n) is 6.15. The summed E-state index contributed by atoms with van der Waals surface area (Å²) in [5.41, 5.74) is 9.28. The SMILES string of the molecule is Cc1c(C(N)=O)c(-c2cccc(F)c2)c(C)n1C(C)C(C)C. The molecule has 2 N–H and O–H groups in total. The Morgan fingerprint density at radius 2 is 1.82 bits per heavy atom. The van der Waals surface area contributed by atoms with Gasteiger partial charge in [-0.2, -0.15) is 0 Å². The van der Waals surface area contributed by atoms with Crippen LogP contribution < -0.4 is 5.73 Å². The van der Waals surface area contributed by atoms with Gasteiger partial charge in [-0.3, -0.25) is 4.79 Å². The molecule has 0 saturated carbocycles. The Morgan fingerprint density at radius 3 is 2.32 bits per heavy atom. The standard InChI is InChI=1S/C18H23FN2O/c1-10(2)11(3)21-12(4)16(17(13(21)5)18(20)22)14-7-6-8-15(19)9-14/h6-11H,1-5H3,(H2,20,22). The average molecular weight is 302 g/mol. The third-order valence-electron chi connectivity index (χ3n) is 4.43. The smallest absolute Gasteiger partial charge is 0.251 e. The first-order valence-corrected chi connectivity index (χ1v) is 7.52. The van der Waals surface area contributed by atoms with Crippen LogP contribution in [-0.4, -0.2) is 10.5 Å². The Bertz CT molecular complexity index is 716. The first-order valence-electron chi connectivity index (χ1n) is 7.52. The van der Waals surface area contributed by atoms with Crippen LogP contribution >= 0.6 is 0 Å². The topological polar surface area (TPSA) is 48.0 Å². The van der Waals surface area contributed by atoms with Crippen molar-refractivity contribution in [2.45, 2.75) is 40.7 Å². The highest BCUT2D eigenvalue weighted by molar-refractivity contribution is 6.02. The molecule has 2 rings (SSSR count). The van der Waals surface area contributed by atoms with Crippen LogP contribution in [-0.2, 0) is 0 Å². The number of carbonyl (C=O) groups excluding carboxylic acids is 1. The van der Waals surface area contributed by atoms with Gasteiger partial charge >= 0.3 is 0 Å². The first kappa shape index (κ1) is 16.3. The van der Waals surface area contributed by atoms with E-state index in [9.17, 15) is 9.18 Å². The van der Waals surface area contributed by atoms with Gasteiger partial charge in [-0.25, -0.2) is 4.39 Å². The zero-order valence-electron chi connectivity index (χ0n) is 13.8. The Balaban J connectivity index is 2.78. The van der Waals surface area contributed by atoms with Crippen LogP contribution in [0.5, 0.6) is 0 Å². The fourth-order valence-electron chi connectivity index (χ4n) is 3.06. The van der Waals surface area contributed by atoms with Gasteiger partial charge in [-0.15, -0.1) is 0 Å². The van der Waals surface area contributed by atoms with Crippen molar-refractivity contribution in [1.82, 2.24) is 4.57 Å². The lowest BCUT2D eigenvalue weighted by Gasteiger charge is -2.22. The van der Waals surface area contributed by atoms with E-state index in [0.29, 0.717) is 17.0 Å². The third kappa shape index (κ3) is 2.65. The molecule has 1 atom stereocenters. The van der Waals surface area contributed by atoms with Crippen molar-refractivity contribution in [3.05, 3.63) is 47.0 Å². The van der Waals surface area contributed by atoms with Crippen molar-refractivity contribution in [2.75, 3.05) is 0 Å². The lowest BCUT2D eigenvalue weighted by atomic mass is 10.00. The van der Waals surface area contributed by atoms with E-state index in [1.807, 2.05) is 19.9 Å². The molecule has 0 bridgehead atoms. The van der Waals surface area contributed by atoms with E-state index >= 15 is 0 Å². The van der Waals surface area contributed by atoms with Crippen LogP contribution in [0.15, 0.2) is 24.3 Å². The number of benzene rings is 1. The van der Waals surface area contributed by atoms with Crippen molar-refractivity contribution in [2.24, 2.45) is 11.7 Å². The molecule has 0 radical (unpaired) electrons. The normalized spacial score (nSPS) is 12.7. The Kier molecular flexibility index (Phi) is 4.40. The molecule has 1 heterocycles. The summed E-state index contributed by atoms with van der Waals surface area (Å²) in [6.45, 7) is 10.2. The first-order chi connectivity index (χ1) is 10.3. The minimum Gasteiger partial charge on any atom is -0.366 e. The van der Waals surface area contributed by atoms with Crippen molar-refractivity contribution in [3.8, 4) is 11.1 Å². The molecule has 0 aliphatic carbocycles. The molecule has 3 nitrogen and oxygen atoms in total. The summed E-state index contributed by atoms with van der Waals surface area (Å²) in [6, 6.07) is 6.51. The number of halogens is 1. The molecular formula is C18H23FN2O. The van der Waals surface area contributed by atoms with Crippen LogP contribution in [0.3, 0.4) is 0 Å². The number of carbonyl (C=O) groups is 1. The second kappa shape index (κ2) is 5.95. The molecule has 0 spiro atoms. The van der Waals surface area contributed by atoms with E-state index in [1.54, 1.807) is 6.07 Å². The van der Waals surface area contributed by atoms with E-state index in [0.717, 1.165) is 17.0 Å². The quantitative estimate of drug-likeness (QED) is 0.902. The molecule has 1 aromatic heterocycles. The van der Waals surface area contributed by atoms with Crippen LogP contribution in [0.2, 0.25) is 0 Å². The van der Waals surface area contributed by atoms with Crippen LogP contribution in [0, 0.1) is 25.6 Å². The maximum Gasteiger partial charge on any atom is 0.251 e. The number of hydrogen-bond acceptors (Lipinski definition) is 1. The Morgan fingerprint density at radius 1 is 1.18 bits per heavy atom. The van der Waals surface area contributed by atoms with Crippen molar-refractivity contribution in [1.29, 1.82) is 0 Å². The van der Waals surface area contributed by atoms with Gasteiger partial charge in [0.2, 0.25) is 0 Å². The molecule has 1 aromatic carbocycles. The summed E-state index contributed by atoms with van der Waals surface area (Å²) < 4.78 is 15.7. The minimum atomic E-state index is -0.477. The highest BCUT2D eigenvalue weighted by Gasteiger charge is 2.25. The average Bonchev–Trinajstić information content (AvgIpc) is 2.69. The van der Waals surface area contributed by atoms with Gasteiger partial charge in [0.05, 0.1) is 5.56 Å². The molecule has 0 fully saturated rings. The molecule has 1 unspecified atom stereocenters. The largest absolute Gasteiger partial charge is 0.366 e. The van der Waals surface area contributed by atoms with Gasteiger partial charge in [-0.1, -0.05) is 26.0 Å². The van der Waals surface area contributed by atoms with Crippen molar-refractivity contribution < 1.29 is 9.18 Å². The van der Waals surface area contributed by atoms with Crippen LogP contribution in [0.1, 0.15) is 48.6 Å². The van der Waals surface area contributed by atoms with Crippen molar-refractivity contribution in [3.63, 3.8) is 0 Å². The fraction of sp³-hybridized carbons (Fsp3) is 0.389. The van der Waals surface area contributed by atoms with E-state index < -0.39 is 5.91 Å². The Hall–Kier alpha value is -2.10. The summed E-state index contributed by atoms with van der Waals surface area (Å²) in [4.78, 5) is 12.0.